The van der Waals surface area contributed by atoms with Gasteiger partial charge in [-0.2, -0.15) is 0 Å². The number of anilines is 1. The molecule has 0 saturated heterocycles. The predicted molar refractivity (Wildman–Crippen MR) is 79.0 cm³/mol. The lowest BCUT2D eigenvalue weighted by Crippen LogP contribution is -2.25. The van der Waals surface area contributed by atoms with Gasteiger partial charge in [0, 0.05) is 24.8 Å². The summed E-state index contributed by atoms with van der Waals surface area (Å²) in [6.45, 7) is 4.61. The molecule has 1 atom stereocenters. The van der Waals surface area contributed by atoms with Crippen LogP contribution in [0.1, 0.15) is 57.1 Å². The smallest absolute Gasteiger partial charge is 0.0414 e. The highest BCUT2D eigenvalue weighted by Gasteiger charge is 2.19. The van der Waals surface area contributed by atoms with E-state index >= 15 is 0 Å². The third-order valence-corrected chi connectivity index (χ3v) is 3.90. The van der Waals surface area contributed by atoms with E-state index in [9.17, 15) is 0 Å². The van der Waals surface area contributed by atoms with E-state index in [1.54, 1.807) is 0 Å². The molecule has 2 heteroatoms. The third kappa shape index (κ3) is 3.26. The maximum atomic E-state index is 6.26. The van der Waals surface area contributed by atoms with Crippen molar-refractivity contribution in [3.05, 3.63) is 29.8 Å². The van der Waals surface area contributed by atoms with Crippen LogP contribution in [0.5, 0.6) is 0 Å². The Bertz CT molecular complexity index is 362. The molecule has 2 N–H and O–H groups in total. The highest BCUT2D eigenvalue weighted by Crippen LogP contribution is 2.31. The van der Waals surface area contributed by atoms with Crippen LogP contribution in [0.4, 0.5) is 5.69 Å². The summed E-state index contributed by atoms with van der Waals surface area (Å²) < 4.78 is 0. The van der Waals surface area contributed by atoms with Crippen molar-refractivity contribution in [1.82, 2.24) is 0 Å². The van der Waals surface area contributed by atoms with Gasteiger partial charge in [0.2, 0.25) is 0 Å². The second-order valence-corrected chi connectivity index (χ2v) is 5.36. The number of fused-ring (bicyclic) bond motifs is 1. The van der Waals surface area contributed by atoms with Gasteiger partial charge in [-0.05, 0) is 30.9 Å². The zero-order valence-electron chi connectivity index (χ0n) is 11.6. The molecule has 0 aromatic heterocycles. The molecule has 0 amide bonds. The average Bonchev–Trinajstić information content (AvgIpc) is 2.56. The zero-order chi connectivity index (χ0) is 12.8. The zero-order valence-corrected chi connectivity index (χ0v) is 11.6. The van der Waals surface area contributed by atoms with Crippen molar-refractivity contribution in [3.63, 3.8) is 0 Å². The van der Waals surface area contributed by atoms with E-state index in [0.29, 0.717) is 0 Å². The van der Waals surface area contributed by atoms with Crippen molar-refractivity contribution >= 4 is 5.69 Å². The van der Waals surface area contributed by atoms with Gasteiger partial charge in [0.15, 0.2) is 0 Å². The Morgan fingerprint density at radius 3 is 2.89 bits per heavy atom. The molecule has 0 spiro atoms. The second kappa shape index (κ2) is 6.79. The van der Waals surface area contributed by atoms with Crippen molar-refractivity contribution in [1.29, 1.82) is 0 Å². The molecular weight excluding hydrogens is 220 g/mol. The Hall–Kier alpha value is -1.02. The number of nitrogens with two attached hydrogens (primary N) is 1. The fourth-order valence-electron chi connectivity index (χ4n) is 2.83. The highest BCUT2D eigenvalue weighted by atomic mass is 15.1. The molecule has 1 aliphatic heterocycles. The number of para-hydroxylation sites is 1. The Balaban J connectivity index is 2.04. The molecule has 0 bridgehead atoms. The van der Waals surface area contributed by atoms with Gasteiger partial charge in [-0.1, -0.05) is 44.4 Å². The largest absolute Gasteiger partial charge is 0.371 e. The topological polar surface area (TPSA) is 29.3 Å². The first-order chi connectivity index (χ1) is 8.83. The van der Waals surface area contributed by atoms with E-state index in [4.69, 9.17) is 5.73 Å². The van der Waals surface area contributed by atoms with E-state index in [1.165, 1.54) is 49.9 Å². The molecule has 1 aromatic carbocycles. The van der Waals surface area contributed by atoms with Crippen LogP contribution in [0.3, 0.4) is 0 Å². The van der Waals surface area contributed by atoms with Crippen LogP contribution in [0.15, 0.2) is 24.3 Å². The van der Waals surface area contributed by atoms with Gasteiger partial charge >= 0.3 is 0 Å². The third-order valence-electron chi connectivity index (χ3n) is 3.90. The lowest BCUT2D eigenvalue weighted by atomic mass is 10.0. The molecule has 0 saturated carbocycles. The van der Waals surface area contributed by atoms with Gasteiger partial charge < -0.3 is 10.6 Å². The van der Waals surface area contributed by atoms with Crippen molar-refractivity contribution < 1.29 is 0 Å². The van der Waals surface area contributed by atoms with Crippen molar-refractivity contribution in [2.75, 3.05) is 18.0 Å². The van der Waals surface area contributed by atoms with Gasteiger partial charge in [-0.15, -0.1) is 0 Å². The highest BCUT2D eigenvalue weighted by molar-refractivity contribution is 5.55. The number of rotatable bonds is 5. The second-order valence-electron chi connectivity index (χ2n) is 5.36. The summed E-state index contributed by atoms with van der Waals surface area (Å²) in [5.74, 6) is 0. The van der Waals surface area contributed by atoms with E-state index in [0.717, 1.165) is 13.0 Å². The quantitative estimate of drug-likeness (QED) is 0.799. The number of benzene rings is 1. The Labute approximate surface area is 111 Å². The molecule has 1 heterocycles. The maximum absolute atomic E-state index is 6.26. The van der Waals surface area contributed by atoms with Crippen LogP contribution in [-0.4, -0.2) is 13.1 Å². The average molecular weight is 246 g/mol. The minimum absolute atomic E-state index is 0.224. The van der Waals surface area contributed by atoms with Crippen LogP contribution in [0, 0.1) is 0 Å². The Morgan fingerprint density at radius 1 is 1.22 bits per heavy atom. The number of nitrogens with zero attached hydrogens (tertiary/aromatic N) is 1. The minimum Gasteiger partial charge on any atom is -0.371 e. The van der Waals surface area contributed by atoms with Crippen molar-refractivity contribution in [3.8, 4) is 0 Å². The molecule has 1 aromatic rings. The summed E-state index contributed by atoms with van der Waals surface area (Å²) in [5, 5.41) is 0. The summed E-state index contributed by atoms with van der Waals surface area (Å²) in [6.07, 6.45) is 7.64. The fraction of sp³-hybridized carbons (Fsp3) is 0.625. The van der Waals surface area contributed by atoms with Crippen molar-refractivity contribution in [2.45, 2.75) is 51.5 Å². The summed E-state index contributed by atoms with van der Waals surface area (Å²) >= 11 is 0. The molecule has 18 heavy (non-hydrogen) atoms. The van der Waals surface area contributed by atoms with Gasteiger partial charge in [0.05, 0.1) is 0 Å². The van der Waals surface area contributed by atoms with E-state index in [1.807, 2.05) is 0 Å². The van der Waals surface area contributed by atoms with Crippen molar-refractivity contribution in [2.24, 2.45) is 5.73 Å². The monoisotopic (exact) mass is 246 g/mol. The summed E-state index contributed by atoms with van der Waals surface area (Å²) in [7, 11) is 0. The number of hydrogen-bond donors (Lipinski definition) is 1. The van der Waals surface area contributed by atoms with E-state index in [-0.39, 0.29) is 6.04 Å². The Kier molecular flexibility index (Phi) is 5.06. The molecule has 1 aliphatic rings. The lowest BCUT2D eigenvalue weighted by molar-refractivity contribution is 0.609. The first-order valence-electron chi connectivity index (χ1n) is 7.42. The van der Waals surface area contributed by atoms with Gasteiger partial charge in [-0.25, -0.2) is 0 Å². The fourth-order valence-corrected chi connectivity index (χ4v) is 2.83. The molecule has 0 fully saturated rings. The molecular formula is C16H26N2. The van der Waals surface area contributed by atoms with Crippen LogP contribution >= 0.6 is 0 Å². The Morgan fingerprint density at radius 2 is 2.06 bits per heavy atom. The van der Waals surface area contributed by atoms with Crippen LogP contribution < -0.4 is 10.6 Å². The van der Waals surface area contributed by atoms with Crippen LogP contribution in [0.25, 0.3) is 0 Å². The van der Waals surface area contributed by atoms with Gasteiger partial charge in [0.25, 0.3) is 0 Å². The van der Waals surface area contributed by atoms with Gasteiger partial charge in [-0.3, -0.25) is 0 Å². The SMILES string of the molecule is CCCCCCN1CCCC(N)c2ccccc21. The van der Waals surface area contributed by atoms with E-state index in [2.05, 4.69) is 36.1 Å². The predicted octanol–water partition coefficient (Wildman–Crippen LogP) is 3.87. The molecule has 0 aliphatic carbocycles. The molecule has 0 radical (unpaired) electrons. The normalized spacial score (nSPS) is 19.4. The van der Waals surface area contributed by atoms with E-state index < -0.39 is 0 Å². The summed E-state index contributed by atoms with van der Waals surface area (Å²) in [4.78, 5) is 2.54. The summed E-state index contributed by atoms with van der Waals surface area (Å²) in [5.41, 5.74) is 8.97. The first-order valence-corrected chi connectivity index (χ1v) is 7.42. The molecule has 2 rings (SSSR count). The van der Waals surface area contributed by atoms with Crippen LogP contribution in [-0.2, 0) is 0 Å². The standard InChI is InChI=1S/C16H26N2/c1-2-3-4-7-12-18-13-8-10-15(17)14-9-5-6-11-16(14)18/h5-6,9,11,15H,2-4,7-8,10,12-13,17H2,1H3. The number of unbranched alkanes of at least 4 members (excludes halogenated alkanes) is 3. The first kappa shape index (κ1) is 13.4. The molecule has 2 nitrogen and oxygen atoms in total. The van der Waals surface area contributed by atoms with Gasteiger partial charge in [0.1, 0.15) is 0 Å². The minimum atomic E-state index is 0.224. The molecule has 1 unspecified atom stereocenters. The maximum Gasteiger partial charge on any atom is 0.0414 e. The lowest BCUT2D eigenvalue weighted by Gasteiger charge is -2.25. The number of hydrogen-bond acceptors (Lipinski definition) is 2. The molecule has 100 valence electrons. The summed E-state index contributed by atoms with van der Waals surface area (Å²) in [6, 6.07) is 8.90. The van der Waals surface area contributed by atoms with Crippen LogP contribution in [0.2, 0.25) is 0 Å².